The first-order valence-electron chi connectivity index (χ1n) is 39.7. The molecule has 34 nitrogen and oxygen atoms in total. The van der Waals surface area contributed by atoms with Crippen molar-refractivity contribution in [1.29, 1.82) is 0 Å². The number of rotatable bonds is 15. The van der Waals surface area contributed by atoms with Crippen LogP contribution in [0.3, 0.4) is 0 Å². The molecule has 5 aliphatic heterocycles. The molecule has 117 heavy (non-hydrogen) atoms. The Morgan fingerprint density at radius 3 is 2.20 bits per heavy atom. The molecule has 10 N–H and O–H groups in total. The Hall–Kier alpha value is -11.3. The van der Waals surface area contributed by atoms with Crippen LogP contribution in [0.2, 0.25) is 0 Å². The highest BCUT2D eigenvalue weighted by Crippen LogP contribution is 2.32. The van der Waals surface area contributed by atoms with E-state index in [4.69, 9.17) is 18.9 Å². The largest absolute Gasteiger partial charge is 0.497 e. The number of likely N-dealkylation sites (N-methyl/N-ethyl adjacent to an activating group) is 1. The molecule has 12 amide bonds. The van der Waals surface area contributed by atoms with Gasteiger partial charge in [-0.1, -0.05) is 65.9 Å². The second-order valence-electron chi connectivity index (χ2n) is 31.7. The van der Waals surface area contributed by atoms with Crippen LogP contribution in [0.15, 0.2) is 103 Å². The molecular weight excluding hydrogens is 1510 g/mol. The van der Waals surface area contributed by atoms with E-state index < -0.39 is 163 Å². The minimum atomic E-state index is -1.89. The summed E-state index contributed by atoms with van der Waals surface area (Å²) in [5, 5.41) is 45.7. The summed E-state index contributed by atoms with van der Waals surface area (Å²) >= 11 is 0. The number of aliphatic hydroxyl groups is 1. The van der Waals surface area contributed by atoms with Gasteiger partial charge in [0.2, 0.25) is 70.9 Å². The lowest BCUT2D eigenvalue weighted by Crippen LogP contribution is -2.64. The Bertz CT molecular complexity index is 4610. The number of carbonyl (C=O) groups is 12. The van der Waals surface area contributed by atoms with Crippen LogP contribution < -0.4 is 52.6 Å². The number of benzene rings is 4. The molecule has 14 bridgehead atoms. The standard InChI is InChI=1S/C82H106FN17O17/c1-50-74(106)91-65(44-86-68(102)25-33-115-35-36-116-34-32-100(4,5)6)76(108)88-62-40-54-12-9-13-55(38-54)43-85-70(104)49-117-67-24-29-98-73(67)78(110)92-72(51(2)101)77(109)90-63(39-53-15-18-60(114-7)19-16-53)80(112)99-28-10-26-82(99,3)81(113)84-27-23-52-11-8-14-56(37-52)45-95(71(105)22-21-69(103)87-50)30-31-97-48-59(93-94-97)47-96-46-57(41-64(79(98)111)89-75(62)107)61-42-58(83)17-20-66(61)96/h8-9,11-20,37-38,42,46,48,50-51,62-65,67,72-73,101H,10,21-36,39-41,43-45,47,49H2,1-7H3,(H8-,84,85,86,87,88,89,90,91,92,102,103,104,106,107,108,109,110,113)/p+1/t50-,51+,62-,63-,64-,65+,67-,72-,73-,82-/m0/s1. The van der Waals surface area contributed by atoms with Crippen molar-refractivity contribution in [2.75, 3.05) is 101 Å². The van der Waals surface area contributed by atoms with E-state index in [9.17, 15) is 33.9 Å². The molecule has 35 heteroatoms. The van der Waals surface area contributed by atoms with Crippen LogP contribution in [0.5, 0.6) is 5.75 Å². The van der Waals surface area contributed by atoms with Crippen molar-refractivity contribution >= 4 is 81.8 Å². The maximum Gasteiger partial charge on any atom is 0.246 e. The number of aliphatic hydroxyl groups excluding tert-OH is 1. The van der Waals surface area contributed by atoms with Crippen LogP contribution in [0.4, 0.5) is 4.39 Å². The number of nitrogens with zero attached hydrogens (tertiary/aromatic N) is 8. The summed E-state index contributed by atoms with van der Waals surface area (Å²) in [6.07, 6.45) is -0.873. The molecule has 0 saturated carbocycles. The first-order chi connectivity index (χ1) is 56.0. The Kier molecular flexibility index (Phi) is 29.3. The second kappa shape index (κ2) is 39.6. The molecule has 10 atom stereocenters. The summed E-state index contributed by atoms with van der Waals surface area (Å²) in [5.74, 6) is -9.82. The average Bonchev–Trinajstić information content (AvgIpc) is 1.67. The number of halogens is 1. The van der Waals surface area contributed by atoms with E-state index in [2.05, 4.69) is 58.2 Å². The molecule has 2 aromatic heterocycles. The monoisotopic (exact) mass is 1620 g/mol. The van der Waals surface area contributed by atoms with Crippen molar-refractivity contribution < 1.29 is 90.5 Å². The van der Waals surface area contributed by atoms with E-state index in [1.54, 1.807) is 83.4 Å². The van der Waals surface area contributed by atoms with Gasteiger partial charge in [-0.05, 0) is 110 Å². The van der Waals surface area contributed by atoms with Gasteiger partial charge in [-0.15, -0.1) is 5.10 Å². The topological polar surface area (TPSA) is 416 Å². The van der Waals surface area contributed by atoms with Gasteiger partial charge in [0.1, 0.15) is 78.2 Å². The van der Waals surface area contributed by atoms with Crippen molar-refractivity contribution in [3.63, 3.8) is 0 Å². The van der Waals surface area contributed by atoms with Gasteiger partial charge in [0.15, 0.2) is 0 Å². The van der Waals surface area contributed by atoms with Gasteiger partial charge in [-0.2, -0.15) is 0 Å². The number of carbonyl (C=O) groups excluding carboxylic acids is 12. The summed E-state index contributed by atoms with van der Waals surface area (Å²) in [4.78, 5) is 183. The number of fused-ring (bicyclic) bond motifs is 10. The molecule has 6 aromatic rings. The summed E-state index contributed by atoms with van der Waals surface area (Å²) in [6.45, 7) is 4.51. The molecular formula is C82H107FN17O17+. The minimum Gasteiger partial charge on any atom is -0.497 e. The Morgan fingerprint density at radius 1 is 0.709 bits per heavy atom. The normalized spacial score (nSPS) is 24.0. The van der Waals surface area contributed by atoms with Crippen molar-refractivity contribution in [3.8, 4) is 5.75 Å². The Morgan fingerprint density at radius 2 is 1.44 bits per heavy atom. The molecule has 0 aliphatic carbocycles. The predicted octanol–water partition coefficient (Wildman–Crippen LogP) is -0.496. The summed E-state index contributed by atoms with van der Waals surface area (Å²) in [5.41, 5.74) is 2.59. The lowest BCUT2D eigenvalue weighted by Gasteiger charge is -2.37. The van der Waals surface area contributed by atoms with E-state index >= 15 is 33.2 Å². The fourth-order valence-electron chi connectivity index (χ4n) is 15.1. The molecule has 5 aliphatic rings. The number of methoxy groups -OCH3 is 1. The van der Waals surface area contributed by atoms with E-state index in [-0.39, 0.29) is 122 Å². The average molecular weight is 1620 g/mol. The third kappa shape index (κ3) is 23.3. The zero-order chi connectivity index (χ0) is 83.7. The number of aromatic nitrogens is 4. The summed E-state index contributed by atoms with van der Waals surface area (Å²) in [6, 6.07) is 13.1. The zero-order valence-corrected chi connectivity index (χ0v) is 67.1. The van der Waals surface area contributed by atoms with Crippen LogP contribution >= 0.6 is 0 Å². The molecule has 4 aromatic carbocycles. The smallest absolute Gasteiger partial charge is 0.246 e. The molecule has 11 rings (SSSR count). The quantitative estimate of drug-likeness (QED) is 0.0458. The molecule has 628 valence electrons. The number of nitrogens with one attached hydrogen (secondary N) is 9. The van der Waals surface area contributed by atoms with E-state index in [0.29, 0.717) is 63.1 Å². The van der Waals surface area contributed by atoms with Crippen molar-refractivity contribution in [3.05, 3.63) is 148 Å². The highest BCUT2D eigenvalue weighted by atomic mass is 19.1. The minimum absolute atomic E-state index is 0.00444. The van der Waals surface area contributed by atoms with Crippen LogP contribution in [0.1, 0.15) is 98.4 Å². The van der Waals surface area contributed by atoms with Crippen molar-refractivity contribution in [2.24, 2.45) is 0 Å². The highest BCUT2D eigenvalue weighted by molar-refractivity contribution is 6.00. The first kappa shape index (κ1) is 86.6. The maximum absolute atomic E-state index is 16.3. The number of hydrogen-bond donors (Lipinski definition) is 10. The van der Waals surface area contributed by atoms with E-state index in [0.717, 1.165) is 17.0 Å². The number of ether oxygens (including phenoxy) is 4. The van der Waals surface area contributed by atoms with Gasteiger partial charge in [0.25, 0.3) is 0 Å². The number of quaternary nitrogens is 1. The van der Waals surface area contributed by atoms with Crippen LogP contribution in [0, 0.1) is 5.82 Å². The lowest BCUT2D eigenvalue weighted by molar-refractivity contribution is -0.870. The molecule has 0 spiro atoms. The second-order valence-corrected chi connectivity index (χ2v) is 31.7. The number of hydrogen-bond acceptors (Lipinski definition) is 19. The van der Waals surface area contributed by atoms with Crippen molar-refractivity contribution in [2.45, 2.75) is 171 Å². The molecule has 2 fully saturated rings. The Balaban J connectivity index is 1.02. The first-order valence-corrected chi connectivity index (χ1v) is 39.7. The van der Waals surface area contributed by atoms with Gasteiger partial charge in [-0.25, -0.2) is 4.39 Å². The highest BCUT2D eigenvalue weighted by Gasteiger charge is 2.50. The van der Waals surface area contributed by atoms with Crippen LogP contribution in [-0.4, -0.2) is 275 Å². The van der Waals surface area contributed by atoms with Crippen LogP contribution in [-0.2, 0) is 124 Å². The van der Waals surface area contributed by atoms with E-state index in [1.807, 2.05) is 39.3 Å². The van der Waals surface area contributed by atoms with Crippen LogP contribution in [0.25, 0.3) is 10.9 Å². The zero-order valence-electron chi connectivity index (χ0n) is 67.1. The Labute approximate surface area is 677 Å². The summed E-state index contributed by atoms with van der Waals surface area (Å²) < 4.78 is 43.0. The third-order valence-electron chi connectivity index (χ3n) is 21.7. The molecule has 0 radical (unpaired) electrons. The molecule has 0 unspecified atom stereocenters. The fourth-order valence-corrected chi connectivity index (χ4v) is 15.1. The SMILES string of the molecule is COc1ccc(C[C@@H]2NC(=O)[C@H]([C@@H](C)O)NC(=O)[C@@H]3[C@@H]4CCN3C(=O)[C@@H]3Cc5cn(c6ccc(F)cc56)Cc5cn(nn5)CCN(Cc5cccc(c5)CCNC(=O)[C@]5(C)CCCN5C2=O)C(=O)CCC(=O)N[C@@H](C)C(=O)N[C@H](CNC(=O)CCOCCOCC[N+](C)(C)C)C(=O)N[C@@H](Cc2cccc(c2)CNC(=O)CO4)C(=O)N3)cc1. The molecule has 7 heterocycles. The van der Waals surface area contributed by atoms with Crippen molar-refractivity contribution in [1.82, 2.24) is 82.1 Å². The molecule has 2 saturated heterocycles. The van der Waals surface area contributed by atoms with Gasteiger partial charge in [-0.3, -0.25) is 62.2 Å². The van der Waals surface area contributed by atoms with Gasteiger partial charge < -0.3 is 95.7 Å². The van der Waals surface area contributed by atoms with Gasteiger partial charge in [0.05, 0.1) is 86.2 Å². The fraction of sp³-hybridized carbons (Fsp3) is 0.512. The predicted molar refractivity (Wildman–Crippen MR) is 422 cm³/mol. The third-order valence-corrected chi connectivity index (χ3v) is 21.7. The van der Waals surface area contributed by atoms with E-state index in [1.165, 1.54) is 48.7 Å². The van der Waals surface area contributed by atoms with Gasteiger partial charge >= 0.3 is 0 Å². The van der Waals surface area contributed by atoms with Gasteiger partial charge in [0, 0.05) is 101 Å². The summed E-state index contributed by atoms with van der Waals surface area (Å²) in [7, 11) is 7.58. The maximum atomic E-state index is 16.3. The lowest BCUT2D eigenvalue weighted by atomic mass is 9.95. The number of amides is 12.